The molecule has 0 fully saturated rings. The summed E-state index contributed by atoms with van der Waals surface area (Å²) in [7, 11) is 0. The maximum absolute atomic E-state index is 6.17. The predicted molar refractivity (Wildman–Crippen MR) is 85.1 cm³/mol. The molecule has 0 saturated heterocycles. The molecule has 108 valence electrons. The average molecular weight is 309 g/mol. The highest BCUT2D eigenvalue weighted by molar-refractivity contribution is 7.99. The lowest BCUT2D eigenvalue weighted by Crippen LogP contribution is -2.00. The zero-order valence-corrected chi connectivity index (χ0v) is 13.4. The third kappa shape index (κ3) is 2.72. The molecule has 0 unspecified atom stereocenters. The Morgan fingerprint density at radius 1 is 1.35 bits per heavy atom. The van der Waals surface area contributed by atoms with E-state index in [-0.39, 0.29) is 0 Å². The first kappa shape index (κ1) is 13.9. The molecule has 0 bridgehead atoms. The molecule has 0 amide bonds. The first-order valence-electron chi connectivity index (χ1n) is 6.99. The minimum atomic E-state index is 0.566. The lowest BCUT2D eigenvalue weighted by Gasteiger charge is -2.10. The van der Waals surface area contributed by atoms with Crippen molar-refractivity contribution in [2.24, 2.45) is 0 Å². The fraction of sp³-hybridized carbons (Fsp3) is 0.571. The Kier molecular flexibility index (Phi) is 4.03. The Labute approximate surface area is 127 Å². The number of hydrogen-bond acceptors (Lipinski definition) is 6. The Hall–Kier alpha value is -1.01. The number of rotatable bonds is 4. The first-order chi connectivity index (χ1) is 9.65. The molecule has 6 heteroatoms. The smallest absolute Gasteiger partial charge is 0.261 e. The first-order valence-corrected chi connectivity index (χ1v) is 8.86. The topological polar surface area (TPSA) is 64.9 Å². The largest absolute Gasteiger partial charge is 0.390 e. The van der Waals surface area contributed by atoms with Crippen LogP contribution in [0, 0.1) is 0 Å². The van der Waals surface area contributed by atoms with E-state index in [1.807, 2.05) is 11.8 Å². The second-order valence-electron chi connectivity index (χ2n) is 5.33. The van der Waals surface area contributed by atoms with Crippen LogP contribution >= 0.6 is 23.1 Å². The van der Waals surface area contributed by atoms with E-state index in [0.29, 0.717) is 11.1 Å². The summed E-state index contributed by atoms with van der Waals surface area (Å²) in [6.45, 7) is 4.33. The standard InChI is InChI=1S/C14H19N3OS2/c1-8(2)19-7-11-16-14(18-17-11)12-9-5-3-4-6-10(9)20-13(12)15/h8H,3-7,15H2,1-2H3. The summed E-state index contributed by atoms with van der Waals surface area (Å²) in [6, 6.07) is 0. The maximum Gasteiger partial charge on any atom is 0.261 e. The third-order valence-electron chi connectivity index (χ3n) is 3.43. The van der Waals surface area contributed by atoms with Crippen molar-refractivity contribution in [2.75, 3.05) is 5.73 Å². The fourth-order valence-corrected chi connectivity index (χ4v) is 4.23. The number of nitrogens with zero attached hydrogens (tertiary/aromatic N) is 2. The summed E-state index contributed by atoms with van der Waals surface area (Å²) in [5.41, 5.74) is 8.51. The van der Waals surface area contributed by atoms with Crippen molar-refractivity contribution >= 4 is 28.1 Å². The number of thiophene rings is 1. The number of aromatic nitrogens is 2. The van der Waals surface area contributed by atoms with Gasteiger partial charge in [-0.3, -0.25) is 0 Å². The van der Waals surface area contributed by atoms with Gasteiger partial charge < -0.3 is 10.3 Å². The number of hydrogen-bond donors (Lipinski definition) is 1. The molecule has 0 aliphatic heterocycles. The van der Waals surface area contributed by atoms with Gasteiger partial charge in [-0.15, -0.1) is 11.3 Å². The van der Waals surface area contributed by atoms with Gasteiger partial charge in [-0.2, -0.15) is 16.7 Å². The van der Waals surface area contributed by atoms with Gasteiger partial charge >= 0.3 is 0 Å². The van der Waals surface area contributed by atoms with Crippen molar-refractivity contribution < 1.29 is 4.52 Å². The highest BCUT2D eigenvalue weighted by Crippen LogP contribution is 2.41. The summed E-state index contributed by atoms with van der Waals surface area (Å²) >= 11 is 3.50. The van der Waals surface area contributed by atoms with Gasteiger partial charge in [-0.05, 0) is 36.5 Å². The molecule has 0 radical (unpaired) electrons. The van der Waals surface area contributed by atoms with Crippen molar-refractivity contribution in [3.8, 4) is 11.5 Å². The number of nitrogen functional groups attached to an aromatic ring is 1. The van der Waals surface area contributed by atoms with E-state index in [4.69, 9.17) is 10.3 Å². The van der Waals surface area contributed by atoms with Gasteiger partial charge in [-0.1, -0.05) is 19.0 Å². The fourth-order valence-electron chi connectivity index (χ4n) is 2.48. The summed E-state index contributed by atoms with van der Waals surface area (Å²) in [4.78, 5) is 5.92. The van der Waals surface area contributed by atoms with Crippen LogP contribution in [0.4, 0.5) is 5.00 Å². The van der Waals surface area contributed by atoms with Crippen LogP contribution in [0.5, 0.6) is 0 Å². The summed E-state index contributed by atoms with van der Waals surface area (Å²) in [5, 5.41) is 5.46. The van der Waals surface area contributed by atoms with Crippen LogP contribution in [0.15, 0.2) is 4.52 Å². The quantitative estimate of drug-likeness (QED) is 0.928. The van der Waals surface area contributed by atoms with E-state index in [1.165, 1.54) is 23.3 Å². The Morgan fingerprint density at radius 2 is 2.15 bits per heavy atom. The lowest BCUT2D eigenvalue weighted by atomic mass is 9.95. The van der Waals surface area contributed by atoms with E-state index in [2.05, 4.69) is 24.0 Å². The Bertz CT molecular complexity index is 604. The molecule has 0 spiro atoms. The molecular weight excluding hydrogens is 290 g/mol. The predicted octanol–water partition coefficient (Wildman–Crippen LogP) is 3.90. The molecule has 2 N–H and O–H groups in total. The SMILES string of the molecule is CC(C)SCc1noc(-c2c(N)sc3c2CCCC3)n1. The molecule has 0 aromatic carbocycles. The van der Waals surface area contributed by atoms with Crippen LogP contribution in [0.2, 0.25) is 0 Å². The highest BCUT2D eigenvalue weighted by atomic mass is 32.2. The van der Waals surface area contributed by atoms with Crippen molar-refractivity contribution in [2.45, 2.75) is 50.5 Å². The van der Waals surface area contributed by atoms with Gasteiger partial charge in [0, 0.05) is 4.88 Å². The van der Waals surface area contributed by atoms with Gasteiger partial charge in [0.1, 0.15) is 0 Å². The Balaban J connectivity index is 1.88. The second-order valence-corrected chi connectivity index (χ2v) is 8.03. The molecule has 1 aliphatic carbocycles. The van der Waals surface area contributed by atoms with Crippen molar-refractivity contribution in [3.63, 3.8) is 0 Å². The van der Waals surface area contributed by atoms with Gasteiger partial charge in [0.2, 0.25) is 0 Å². The van der Waals surface area contributed by atoms with E-state index in [0.717, 1.165) is 35.0 Å². The van der Waals surface area contributed by atoms with Crippen LogP contribution < -0.4 is 5.73 Å². The molecule has 2 heterocycles. The van der Waals surface area contributed by atoms with E-state index < -0.39 is 0 Å². The number of anilines is 1. The van der Waals surface area contributed by atoms with E-state index in [9.17, 15) is 0 Å². The monoisotopic (exact) mass is 309 g/mol. The van der Waals surface area contributed by atoms with Crippen LogP contribution in [-0.4, -0.2) is 15.4 Å². The third-order valence-corrected chi connectivity index (χ3v) is 5.64. The van der Waals surface area contributed by atoms with Gasteiger partial charge in [0.15, 0.2) is 5.82 Å². The Morgan fingerprint density at radius 3 is 2.95 bits per heavy atom. The minimum Gasteiger partial charge on any atom is -0.390 e. The van der Waals surface area contributed by atoms with E-state index >= 15 is 0 Å². The molecule has 0 saturated carbocycles. The zero-order valence-electron chi connectivity index (χ0n) is 11.8. The number of thioether (sulfide) groups is 1. The summed E-state index contributed by atoms with van der Waals surface area (Å²) < 4.78 is 5.44. The van der Waals surface area contributed by atoms with Gasteiger partial charge in [0.05, 0.1) is 16.3 Å². The van der Waals surface area contributed by atoms with Crippen LogP contribution in [0.3, 0.4) is 0 Å². The van der Waals surface area contributed by atoms with Crippen LogP contribution in [0.25, 0.3) is 11.5 Å². The van der Waals surface area contributed by atoms with Crippen molar-refractivity contribution in [1.29, 1.82) is 0 Å². The van der Waals surface area contributed by atoms with Crippen molar-refractivity contribution in [3.05, 3.63) is 16.3 Å². The number of aryl methyl sites for hydroxylation is 1. The number of fused-ring (bicyclic) bond motifs is 1. The lowest BCUT2D eigenvalue weighted by molar-refractivity contribution is 0.425. The normalized spacial score (nSPS) is 14.8. The van der Waals surface area contributed by atoms with E-state index in [1.54, 1.807) is 11.3 Å². The highest BCUT2D eigenvalue weighted by Gasteiger charge is 2.24. The van der Waals surface area contributed by atoms with Gasteiger partial charge in [0.25, 0.3) is 5.89 Å². The summed E-state index contributed by atoms with van der Waals surface area (Å²) in [5.74, 6) is 2.14. The average Bonchev–Trinajstić information content (AvgIpc) is 2.99. The molecule has 3 rings (SSSR count). The summed E-state index contributed by atoms with van der Waals surface area (Å²) in [6.07, 6.45) is 4.69. The van der Waals surface area contributed by atoms with Crippen molar-refractivity contribution in [1.82, 2.24) is 10.1 Å². The molecular formula is C14H19N3OS2. The molecule has 2 aromatic rings. The van der Waals surface area contributed by atoms with Crippen LogP contribution in [0.1, 0.15) is 43.0 Å². The molecule has 1 aliphatic rings. The van der Waals surface area contributed by atoms with Gasteiger partial charge in [-0.25, -0.2) is 0 Å². The minimum absolute atomic E-state index is 0.566. The molecule has 4 nitrogen and oxygen atoms in total. The molecule has 0 atom stereocenters. The second kappa shape index (κ2) is 5.77. The maximum atomic E-state index is 6.17. The molecule has 2 aromatic heterocycles. The zero-order chi connectivity index (χ0) is 14.1. The molecule has 20 heavy (non-hydrogen) atoms. The van der Waals surface area contributed by atoms with Crippen LogP contribution in [-0.2, 0) is 18.6 Å². The number of nitrogens with two attached hydrogens (primary N) is 1.